The highest BCUT2D eigenvalue weighted by molar-refractivity contribution is 6.10. The lowest BCUT2D eigenvalue weighted by Crippen LogP contribution is -2.47. The summed E-state index contributed by atoms with van der Waals surface area (Å²) in [6, 6.07) is 17.7. The molecular weight excluding hydrogens is 354 g/mol. The first-order valence-electron chi connectivity index (χ1n) is 9.47. The van der Waals surface area contributed by atoms with Crippen molar-refractivity contribution in [3.8, 4) is 0 Å². The number of nitrogens with one attached hydrogen (secondary N) is 1. The number of rotatable bonds is 6. The summed E-state index contributed by atoms with van der Waals surface area (Å²) in [7, 11) is 0. The van der Waals surface area contributed by atoms with Gasteiger partial charge in [-0.3, -0.25) is 14.5 Å². The number of nitrogens with zero attached hydrogens (tertiary/aromatic N) is 2. The molecule has 1 heterocycles. The minimum atomic E-state index is -1.13. The highest BCUT2D eigenvalue weighted by atomic mass is 16.2. The van der Waals surface area contributed by atoms with E-state index in [2.05, 4.69) is 5.32 Å². The maximum Gasteiger partial charge on any atom is 0.325 e. The van der Waals surface area contributed by atoms with E-state index in [0.29, 0.717) is 6.42 Å². The zero-order valence-corrected chi connectivity index (χ0v) is 16.4. The third-order valence-electron chi connectivity index (χ3n) is 5.09. The predicted octanol–water partition coefficient (Wildman–Crippen LogP) is 3.29. The van der Waals surface area contributed by atoms with Crippen LogP contribution in [-0.2, 0) is 15.1 Å². The molecule has 0 unspecified atom stereocenters. The lowest BCUT2D eigenvalue weighted by Gasteiger charge is -2.29. The van der Waals surface area contributed by atoms with E-state index < -0.39 is 17.5 Å². The third-order valence-corrected chi connectivity index (χ3v) is 5.09. The van der Waals surface area contributed by atoms with Gasteiger partial charge in [-0.1, -0.05) is 55.5 Å². The van der Waals surface area contributed by atoms with Crippen LogP contribution in [0.15, 0.2) is 60.7 Å². The molecule has 6 heteroatoms. The summed E-state index contributed by atoms with van der Waals surface area (Å²) < 4.78 is 0. The van der Waals surface area contributed by atoms with E-state index in [1.807, 2.05) is 81.4 Å². The van der Waals surface area contributed by atoms with Gasteiger partial charge in [-0.25, -0.2) is 4.79 Å². The quantitative estimate of drug-likeness (QED) is 0.783. The van der Waals surface area contributed by atoms with E-state index in [1.54, 1.807) is 4.90 Å². The van der Waals surface area contributed by atoms with Crippen LogP contribution in [0, 0.1) is 0 Å². The Morgan fingerprint density at radius 1 is 1.04 bits per heavy atom. The highest BCUT2D eigenvalue weighted by Gasteiger charge is 2.51. The van der Waals surface area contributed by atoms with Crippen LogP contribution in [0.4, 0.5) is 10.5 Å². The van der Waals surface area contributed by atoms with E-state index in [0.717, 1.165) is 16.2 Å². The van der Waals surface area contributed by atoms with Gasteiger partial charge in [-0.2, -0.15) is 0 Å². The molecule has 146 valence electrons. The molecule has 2 aromatic carbocycles. The van der Waals surface area contributed by atoms with Gasteiger partial charge in [0, 0.05) is 11.7 Å². The SMILES string of the molecule is CC[C@@]1(c2ccccc2)NC(=O)N(CC(=O)N(c2ccccc2)C(C)C)C1=O. The molecule has 0 radical (unpaired) electrons. The molecule has 1 N–H and O–H groups in total. The topological polar surface area (TPSA) is 69.7 Å². The lowest BCUT2D eigenvalue weighted by atomic mass is 9.87. The van der Waals surface area contributed by atoms with Crippen molar-refractivity contribution >= 4 is 23.5 Å². The van der Waals surface area contributed by atoms with Crippen molar-refractivity contribution in [2.24, 2.45) is 0 Å². The molecular formula is C22H25N3O3. The Morgan fingerprint density at radius 3 is 2.14 bits per heavy atom. The Morgan fingerprint density at radius 2 is 1.61 bits per heavy atom. The first-order valence-corrected chi connectivity index (χ1v) is 9.47. The second-order valence-corrected chi connectivity index (χ2v) is 7.14. The fourth-order valence-electron chi connectivity index (χ4n) is 3.66. The molecule has 0 aromatic heterocycles. The molecule has 0 bridgehead atoms. The van der Waals surface area contributed by atoms with Crippen LogP contribution in [0.25, 0.3) is 0 Å². The number of carbonyl (C=O) groups excluding carboxylic acids is 3. The molecule has 0 spiro atoms. The number of carbonyl (C=O) groups is 3. The second kappa shape index (κ2) is 7.84. The number of anilines is 1. The van der Waals surface area contributed by atoms with Crippen LogP contribution in [0.2, 0.25) is 0 Å². The number of hydrogen-bond acceptors (Lipinski definition) is 3. The predicted molar refractivity (Wildman–Crippen MR) is 108 cm³/mol. The van der Waals surface area contributed by atoms with E-state index in [-0.39, 0.29) is 18.5 Å². The zero-order valence-electron chi connectivity index (χ0n) is 16.4. The van der Waals surface area contributed by atoms with E-state index in [4.69, 9.17) is 0 Å². The fourth-order valence-corrected chi connectivity index (χ4v) is 3.66. The minimum Gasteiger partial charge on any atom is -0.319 e. The van der Waals surface area contributed by atoms with Crippen molar-refractivity contribution in [1.82, 2.24) is 10.2 Å². The summed E-state index contributed by atoms with van der Waals surface area (Å²) in [4.78, 5) is 41.5. The van der Waals surface area contributed by atoms with Gasteiger partial charge in [-0.15, -0.1) is 0 Å². The van der Waals surface area contributed by atoms with Crippen LogP contribution >= 0.6 is 0 Å². The summed E-state index contributed by atoms with van der Waals surface area (Å²) in [6.45, 7) is 5.35. The molecule has 1 aliphatic rings. The van der Waals surface area contributed by atoms with E-state index >= 15 is 0 Å². The molecule has 1 fully saturated rings. The minimum absolute atomic E-state index is 0.110. The normalized spacial score (nSPS) is 19.1. The van der Waals surface area contributed by atoms with E-state index in [9.17, 15) is 14.4 Å². The van der Waals surface area contributed by atoms with Gasteiger partial charge in [0.15, 0.2) is 0 Å². The number of amides is 4. The summed E-state index contributed by atoms with van der Waals surface area (Å²) in [6.07, 6.45) is 0.402. The van der Waals surface area contributed by atoms with Gasteiger partial charge in [0.1, 0.15) is 12.1 Å². The van der Waals surface area contributed by atoms with Crippen molar-refractivity contribution in [3.63, 3.8) is 0 Å². The second-order valence-electron chi connectivity index (χ2n) is 7.14. The molecule has 0 saturated carbocycles. The number of para-hydroxylation sites is 1. The van der Waals surface area contributed by atoms with Gasteiger partial charge in [-0.05, 0) is 38.0 Å². The average Bonchev–Trinajstić information content (AvgIpc) is 2.94. The molecule has 1 atom stereocenters. The Labute approximate surface area is 165 Å². The van der Waals surface area contributed by atoms with Gasteiger partial charge < -0.3 is 10.2 Å². The average molecular weight is 379 g/mol. The van der Waals surface area contributed by atoms with Gasteiger partial charge in [0.05, 0.1) is 0 Å². The number of benzene rings is 2. The molecule has 4 amide bonds. The standard InChI is InChI=1S/C22H25N3O3/c1-4-22(17-11-7-5-8-12-17)20(27)24(21(28)23-22)15-19(26)25(16(2)3)18-13-9-6-10-14-18/h5-14,16H,4,15H2,1-3H3,(H,23,28)/t22-/m0/s1. The smallest absolute Gasteiger partial charge is 0.319 e. The third kappa shape index (κ3) is 3.38. The largest absolute Gasteiger partial charge is 0.325 e. The van der Waals surface area contributed by atoms with Crippen LogP contribution in [0.3, 0.4) is 0 Å². The lowest BCUT2D eigenvalue weighted by molar-refractivity contribution is -0.134. The van der Waals surface area contributed by atoms with Crippen molar-refractivity contribution in [1.29, 1.82) is 0 Å². The molecule has 28 heavy (non-hydrogen) atoms. The van der Waals surface area contributed by atoms with Crippen molar-refractivity contribution < 1.29 is 14.4 Å². The Hall–Kier alpha value is -3.15. The van der Waals surface area contributed by atoms with Crippen LogP contribution in [-0.4, -0.2) is 35.3 Å². The van der Waals surface area contributed by atoms with Crippen LogP contribution in [0.1, 0.15) is 32.8 Å². The van der Waals surface area contributed by atoms with Crippen molar-refractivity contribution in [2.75, 3.05) is 11.4 Å². The molecule has 6 nitrogen and oxygen atoms in total. The van der Waals surface area contributed by atoms with E-state index in [1.165, 1.54) is 0 Å². The van der Waals surface area contributed by atoms with Gasteiger partial charge in [0.2, 0.25) is 5.91 Å². The van der Waals surface area contributed by atoms with Crippen LogP contribution in [0.5, 0.6) is 0 Å². The summed E-state index contributed by atoms with van der Waals surface area (Å²) in [5.41, 5.74) is 0.322. The summed E-state index contributed by atoms with van der Waals surface area (Å²) in [5.74, 6) is -0.694. The fraction of sp³-hybridized carbons (Fsp3) is 0.318. The number of urea groups is 1. The zero-order chi connectivity index (χ0) is 20.3. The van der Waals surface area contributed by atoms with Crippen molar-refractivity contribution in [2.45, 2.75) is 38.8 Å². The van der Waals surface area contributed by atoms with Crippen LogP contribution < -0.4 is 10.2 Å². The molecule has 2 aromatic rings. The molecule has 1 saturated heterocycles. The van der Waals surface area contributed by atoms with Crippen molar-refractivity contribution in [3.05, 3.63) is 66.2 Å². The Bertz CT molecular complexity index is 867. The molecule has 0 aliphatic carbocycles. The summed E-state index contributed by atoms with van der Waals surface area (Å²) >= 11 is 0. The number of hydrogen-bond donors (Lipinski definition) is 1. The highest BCUT2D eigenvalue weighted by Crippen LogP contribution is 2.32. The maximum absolute atomic E-state index is 13.2. The first kappa shape index (κ1) is 19.6. The number of imide groups is 1. The molecule has 1 aliphatic heterocycles. The van der Waals surface area contributed by atoms with Gasteiger partial charge >= 0.3 is 6.03 Å². The first-order chi connectivity index (χ1) is 13.4. The Kier molecular flexibility index (Phi) is 5.49. The molecule has 3 rings (SSSR count). The summed E-state index contributed by atoms with van der Waals surface area (Å²) in [5, 5.41) is 2.81. The maximum atomic E-state index is 13.2. The van der Waals surface area contributed by atoms with Gasteiger partial charge in [0.25, 0.3) is 5.91 Å². The monoisotopic (exact) mass is 379 g/mol. The Balaban J connectivity index is 1.87.